The number of hydrogen-bond donors (Lipinski definition) is 1. The van der Waals surface area contributed by atoms with E-state index in [1.54, 1.807) is 12.3 Å². The Morgan fingerprint density at radius 3 is 3.00 bits per heavy atom. The van der Waals surface area contributed by atoms with Crippen molar-refractivity contribution in [3.05, 3.63) is 28.4 Å². The molecule has 0 saturated heterocycles. The zero-order valence-electron chi connectivity index (χ0n) is 12.0. The van der Waals surface area contributed by atoms with Crippen LogP contribution in [-0.4, -0.2) is 31.4 Å². The van der Waals surface area contributed by atoms with Crippen LogP contribution in [0.25, 0.3) is 11.6 Å². The van der Waals surface area contributed by atoms with Crippen LogP contribution in [0.2, 0.25) is 0 Å². The van der Waals surface area contributed by atoms with Crippen molar-refractivity contribution in [1.29, 1.82) is 0 Å². The first-order chi connectivity index (χ1) is 11.2. The molecule has 0 fully saturated rings. The number of aromatic nitrogens is 4. The molecule has 3 heterocycles. The second-order valence-electron chi connectivity index (χ2n) is 4.33. The van der Waals surface area contributed by atoms with Crippen LogP contribution in [-0.2, 0) is 11.3 Å². The van der Waals surface area contributed by atoms with Crippen molar-refractivity contribution in [1.82, 2.24) is 19.7 Å². The number of carbonyl (C=O) groups excluding carboxylic acids is 1. The van der Waals surface area contributed by atoms with Gasteiger partial charge in [0.1, 0.15) is 0 Å². The zero-order valence-corrected chi connectivity index (χ0v) is 15.2. The van der Waals surface area contributed by atoms with E-state index in [1.807, 2.05) is 22.9 Å². The average Bonchev–Trinajstić information content (AvgIpc) is 3.25. The minimum atomic E-state index is -0.127. The Morgan fingerprint density at radius 1 is 1.48 bits per heavy atom. The fraction of sp³-hybridized carbons (Fsp3) is 0.231. The van der Waals surface area contributed by atoms with E-state index in [-0.39, 0.29) is 11.7 Å². The summed E-state index contributed by atoms with van der Waals surface area (Å²) in [6.07, 6.45) is 1.65. The van der Waals surface area contributed by atoms with Gasteiger partial charge < -0.3 is 9.73 Å². The van der Waals surface area contributed by atoms with Crippen LogP contribution in [0, 0.1) is 0 Å². The van der Waals surface area contributed by atoms with E-state index in [9.17, 15) is 4.79 Å². The highest BCUT2D eigenvalue weighted by Gasteiger charge is 2.17. The lowest BCUT2D eigenvalue weighted by Crippen LogP contribution is -2.14. The number of anilines is 1. The van der Waals surface area contributed by atoms with E-state index in [2.05, 4.69) is 36.4 Å². The molecule has 0 saturated carbocycles. The Hall–Kier alpha value is -1.65. The fourth-order valence-electron chi connectivity index (χ4n) is 1.87. The van der Waals surface area contributed by atoms with E-state index in [4.69, 9.17) is 4.42 Å². The Kier molecular flexibility index (Phi) is 5.13. The minimum Gasteiger partial charge on any atom is -0.446 e. The molecule has 1 N–H and O–H groups in total. The lowest BCUT2D eigenvalue weighted by Gasteiger charge is -2.05. The largest absolute Gasteiger partial charge is 0.446 e. The quantitative estimate of drug-likeness (QED) is 0.622. The molecule has 7 nitrogen and oxygen atoms in total. The molecule has 0 aliphatic heterocycles. The highest BCUT2D eigenvalue weighted by Crippen LogP contribution is 2.27. The number of carbonyl (C=O) groups is 1. The number of hydrogen-bond acceptors (Lipinski definition) is 7. The first kappa shape index (κ1) is 16.2. The van der Waals surface area contributed by atoms with Gasteiger partial charge in [0, 0.05) is 18.1 Å². The summed E-state index contributed by atoms with van der Waals surface area (Å²) >= 11 is 5.98. The van der Waals surface area contributed by atoms with Crippen LogP contribution in [0.4, 0.5) is 5.13 Å². The molecule has 0 bridgehead atoms. The topological polar surface area (TPSA) is 85.8 Å². The Balaban J connectivity index is 1.68. The average molecular weight is 414 g/mol. The van der Waals surface area contributed by atoms with Crippen LogP contribution in [0.5, 0.6) is 0 Å². The highest BCUT2D eigenvalue weighted by molar-refractivity contribution is 9.10. The normalized spacial score (nSPS) is 10.9. The molecular formula is C13H12BrN5O2S2. The Morgan fingerprint density at radius 2 is 2.35 bits per heavy atom. The van der Waals surface area contributed by atoms with Crippen LogP contribution in [0.3, 0.4) is 0 Å². The van der Waals surface area contributed by atoms with Crippen molar-refractivity contribution < 1.29 is 9.21 Å². The van der Waals surface area contributed by atoms with Gasteiger partial charge in [0.05, 0.1) is 5.75 Å². The standard InChI is InChI=1S/C13H12BrN5O2S2/c1-2-19-11(8-3-4-9(14)21-8)17-18-13(19)23-7-10(20)16-12-15-5-6-22-12/h3-6H,2,7H2,1H3,(H,15,16,20). The van der Waals surface area contributed by atoms with Gasteiger partial charge in [-0.05, 0) is 35.0 Å². The number of thioether (sulfide) groups is 1. The SMILES string of the molecule is CCn1c(SCC(=O)Nc2nccs2)nnc1-c1ccc(Br)o1. The van der Waals surface area contributed by atoms with Gasteiger partial charge in [0.15, 0.2) is 20.7 Å². The summed E-state index contributed by atoms with van der Waals surface area (Å²) in [6, 6.07) is 3.63. The molecule has 3 aromatic heterocycles. The van der Waals surface area contributed by atoms with Crippen molar-refractivity contribution in [2.75, 3.05) is 11.1 Å². The molecule has 0 spiro atoms. The third-order valence-corrected chi connectivity index (χ3v) is 4.92. The summed E-state index contributed by atoms with van der Waals surface area (Å²) in [5, 5.41) is 14.1. The van der Waals surface area contributed by atoms with Crippen molar-refractivity contribution in [2.24, 2.45) is 0 Å². The van der Waals surface area contributed by atoms with E-state index >= 15 is 0 Å². The van der Waals surface area contributed by atoms with Gasteiger partial charge in [0.25, 0.3) is 0 Å². The number of nitrogens with one attached hydrogen (secondary N) is 1. The molecule has 10 heteroatoms. The number of halogens is 1. The maximum absolute atomic E-state index is 11.9. The maximum atomic E-state index is 11.9. The molecular weight excluding hydrogens is 402 g/mol. The summed E-state index contributed by atoms with van der Waals surface area (Å²) in [7, 11) is 0. The molecule has 120 valence electrons. The number of thiazole rings is 1. The lowest BCUT2D eigenvalue weighted by atomic mass is 10.4. The van der Waals surface area contributed by atoms with Gasteiger partial charge in [-0.3, -0.25) is 9.36 Å². The number of nitrogens with zero attached hydrogens (tertiary/aromatic N) is 4. The smallest absolute Gasteiger partial charge is 0.236 e. The van der Waals surface area contributed by atoms with Crippen molar-refractivity contribution in [3.8, 4) is 11.6 Å². The highest BCUT2D eigenvalue weighted by atomic mass is 79.9. The molecule has 0 unspecified atom stereocenters. The molecule has 23 heavy (non-hydrogen) atoms. The van der Waals surface area contributed by atoms with E-state index in [0.717, 1.165) is 0 Å². The summed E-state index contributed by atoms with van der Waals surface area (Å²) in [5.41, 5.74) is 0. The van der Waals surface area contributed by atoms with Gasteiger partial charge >= 0.3 is 0 Å². The third kappa shape index (κ3) is 3.82. The van der Waals surface area contributed by atoms with Crippen LogP contribution < -0.4 is 5.32 Å². The fourth-order valence-corrected chi connectivity index (χ4v) is 3.52. The second-order valence-corrected chi connectivity index (χ2v) is 6.95. The molecule has 0 radical (unpaired) electrons. The molecule has 1 amide bonds. The molecule has 3 aromatic rings. The first-order valence-electron chi connectivity index (χ1n) is 6.68. The molecule has 0 aliphatic rings. The third-order valence-electron chi connectivity index (χ3n) is 2.84. The maximum Gasteiger partial charge on any atom is 0.236 e. The van der Waals surface area contributed by atoms with E-state index in [1.165, 1.54) is 23.1 Å². The summed E-state index contributed by atoms with van der Waals surface area (Å²) in [5.74, 6) is 1.38. The Labute approximate surface area is 148 Å². The monoisotopic (exact) mass is 413 g/mol. The number of amides is 1. The zero-order chi connectivity index (χ0) is 16.2. The van der Waals surface area contributed by atoms with Gasteiger partial charge in [0.2, 0.25) is 11.7 Å². The summed E-state index contributed by atoms with van der Waals surface area (Å²) < 4.78 is 8.06. The van der Waals surface area contributed by atoms with Crippen LogP contribution in [0.1, 0.15) is 6.92 Å². The molecule has 0 aromatic carbocycles. The van der Waals surface area contributed by atoms with E-state index < -0.39 is 0 Å². The molecule has 0 aliphatic carbocycles. The lowest BCUT2D eigenvalue weighted by molar-refractivity contribution is -0.113. The number of furan rings is 1. The van der Waals surface area contributed by atoms with E-state index in [0.29, 0.717) is 33.1 Å². The van der Waals surface area contributed by atoms with Crippen molar-refractivity contribution >= 4 is 50.1 Å². The van der Waals surface area contributed by atoms with Gasteiger partial charge in [-0.15, -0.1) is 21.5 Å². The van der Waals surface area contributed by atoms with Crippen LogP contribution >= 0.6 is 39.0 Å². The molecule has 3 rings (SSSR count). The summed E-state index contributed by atoms with van der Waals surface area (Å²) in [4.78, 5) is 15.9. The summed E-state index contributed by atoms with van der Waals surface area (Å²) in [6.45, 7) is 2.67. The predicted octanol–water partition coefficient (Wildman–Crippen LogP) is 3.51. The second kappa shape index (κ2) is 7.28. The van der Waals surface area contributed by atoms with Gasteiger partial charge in [-0.2, -0.15) is 0 Å². The van der Waals surface area contributed by atoms with Gasteiger partial charge in [-0.1, -0.05) is 11.8 Å². The molecule has 0 atom stereocenters. The van der Waals surface area contributed by atoms with Crippen molar-refractivity contribution in [3.63, 3.8) is 0 Å². The minimum absolute atomic E-state index is 0.127. The number of rotatable bonds is 6. The van der Waals surface area contributed by atoms with Crippen LogP contribution in [0.15, 0.2) is 38.0 Å². The predicted molar refractivity (Wildman–Crippen MR) is 92.6 cm³/mol. The van der Waals surface area contributed by atoms with Crippen molar-refractivity contribution in [2.45, 2.75) is 18.6 Å². The first-order valence-corrected chi connectivity index (χ1v) is 9.34. The Bertz CT molecular complexity index is 799. The van der Waals surface area contributed by atoms with Gasteiger partial charge in [-0.25, -0.2) is 4.98 Å².